The van der Waals surface area contributed by atoms with Crippen LogP contribution in [0, 0.1) is 25.2 Å². The lowest BCUT2D eigenvalue weighted by atomic mass is 9.92. The van der Waals surface area contributed by atoms with Gasteiger partial charge in [0.15, 0.2) is 0 Å². The molecule has 0 fully saturated rings. The summed E-state index contributed by atoms with van der Waals surface area (Å²) in [6, 6.07) is 8.70. The highest BCUT2D eigenvalue weighted by molar-refractivity contribution is 5.32. The van der Waals surface area contributed by atoms with Crippen LogP contribution in [-0.2, 0) is 0 Å². The predicted octanol–water partition coefficient (Wildman–Crippen LogP) is 4.13. The lowest BCUT2D eigenvalue weighted by Gasteiger charge is -2.26. The van der Waals surface area contributed by atoms with Crippen molar-refractivity contribution < 1.29 is 4.74 Å². The molecule has 1 aromatic carbocycles. The minimum atomic E-state index is -0.401. The Balaban J connectivity index is 2.46. The molecule has 116 valence electrons. The van der Waals surface area contributed by atoms with Crippen molar-refractivity contribution in [3.8, 4) is 11.8 Å². The number of nitriles is 1. The van der Waals surface area contributed by atoms with Crippen LogP contribution in [-0.4, -0.2) is 18.7 Å². The topological polar surface area (TPSA) is 45.0 Å². The third-order valence-electron chi connectivity index (χ3n) is 3.74. The molecule has 3 heteroatoms. The zero-order chi connectivity index (χ0) is 15.7. The van der Waals surface area contributed by atoms with Gasteiger partial charge in [-0.25, -0.2) is 0 Å². The molecule has 3 nitrogen and oxygen atoms in total. The normalized spacial score (nSPS) is 13.5. The van der Waals surface area contributed by atoms with Crippen LogP contribution in [0.4, 0.5) is 0 Å². The molecular weight excluding hydrogens is 260 g/mol. The highest BCUT2D eigenvalue weighted by Gasteiger charge is 2.26. The van der Waals surface area contributed by atoms with E-state index >= 15 is 0 Å². The van der Waals surface area contributed by atoms with E-state index in [1.165, 1.54) is 11.1 Å². The fourth-order valence-corrected chi connectivity index (χ4v) is 2.51. The number of rotatable bonds is 9. The Bertz CT molecular complexity index is 458. The second-order valence-electron chi connectivity index (χ2n) is 5.75. The van der Waals surface area contributed by atoms with Crippen LogP contribution in [0.1, 0.15) is 50.7 Å². The first-order valence-electron chi connectivity index (χ1n) is 7.92. The van der Waals surface area contributed by atoms with Gasteiger partial charge in [-0.05, 0) is 69.3 Å². The van der Waals surface area contributed by atoms with Gasteiger partial charge >= 0.3 is 0 Å². The summed E-state index contributed by atoms with van der Waals surface area (Å²) in [7, 11) is 0. The van der Waals surface area contributed by atoms with E-state index < -0.39 is 5.54 Å². The molecule has 1 atom stereocenters. The molecule has 1 rings (SSSR count). The van der Waals surface area contributed by atoms with Crippen molar-refractivity contribution in [3.05, 3.63) is 29.3 Å². The molecule has 0 saturated heterocycles. The minimum Gasteiger partial charge on any atom is -0.494 e. The first kappa shape index (κ1) is 17.5. The smallest absolute Gasteiger partial charge is 0.119 e. The Labute approximate surface area is 129 Å². The summed E-state index contributed by atoms with van der Waals surface area (Å²) in [6.07, 6.45) is 3.57. The number of ether oxygens (including phenoxy) is 1. The molecule has 0 aliphatic heterocycles. The summed E-state index contributed by atoms with van der Waals surface area (Å²) in [5.74, 6) is 0.924. The summed E-state index contributed by atoms with van der Waals surface area (Å²) >= 11 is 0. The fraction of sp³-hybridized carbons (Fsp3) is 0.611. The lowest BCUT2D eigenvalue weighted by molar-refractivity contribution is 0.276. The average molecular weight is 288 g/mol. The Hall–Kier alpha value is -1.53. The van der Waals surface area contributed by atoms with E-state index in [9.17, 15) is 5.26 Å². The molecule has 0 spiro atoms. The maximum Gasteiger partial charge on any atom is 0.119 e. The SMILES string of the molecule is CCCNC(C#N)(CC)CCCOc1cc(C)cc(C)c1. The standard InChI is InChI=1S/C18H28N2O/c1-5-9-20-18(6-2,14-19)8-7-10-21-17-12-15(3)11-16(4)13-17/h11-13,20H,5-10H2,1-4H3. The van der Waals surface area contributed by atoms with E-state index in [2.05, 4.69) is 57.3 Å². The number of nitrogens with one attached hydrogen (secondary N) is 1. The van der Waals surface area contributed by atoms with Gasteiger partial charge < -0.3 is 4.74 Å². The van der Waals surface area contributed by atoms with Crippen molar-refractivity contribution in [1.82, 2.24) is 5.32 Å². The number of benzene rings is 1. The Morgan fingerprint density at radius 2 is 1.86 bits per heavy atom. The van der Waals surface area contributed by atoms with Crippen molar-refractivity contribution in [2.24, 2.45) is 0 Å². The van der Waals surface area contributed by atoms with E-state index in [1.807, 2.05) is 0 Å². The van der Waals surface area contributed by atoms with Crippen molar-refractivity contribution in [3.63, 3.8) is 0 Å². The first-order chi connectivity index (χ1) is 10.0. The molecular formula is C18H28N2O. The molecule has 0 aliphatic carbocycles. The monoisotopic (exact) mass is 288 g/mol. The van der Waals surface area contributed by atoms with Crippen molar-refractivity contribution in [2.75, 3.05) is 13.2 Å². The molecule has 0 radical (unpaired) electrons. The Morgan fingerprint density at radius 1 is 1.19 bits per heavy atom. The van der Waals surface area contributed by atoms with Crippen LogP contribution in [0.15, 0.2) is 18.2 Å². The molecule has 1 aromatic rings. The van der Waals surface area contributed by atoms with Gasteiger partial charge in [-0.15, -0.1) is 0 Å². The number of aryl methyl sites for hydroxylation is 2. The van der Waals surface area contributed by atoms with E-state index in [0.29, 0.717) is 6.61 Å². The van der Waals surface area contributed by atoms with Gasteiger partial charge in [0.05, 0.1) is 12.7 Å². The van der Waals surface area contributed by atoms with Crippen LogP contribution in [0.25, 0.3) is 0 Å². The number of hydrogen-bond donors (Lipinski definition) is 1. The molecule has 0 amide bonds. The van der Waals surface area contributed by atoms with Crippen molar-refractivity contribution >= 4 is 0 Å². The lowest BCUT2D eigenvalue weighted by Crippen LogP contribution is -2.44. The van der Waals surface area contributed by atoms with Crippen molar-refractivity contribution in [2.45, 2.75) is 58.9 Å². The maximum absolute atomic E-state index is 9.44. The van der Waals surface area contributed by atoms with Crippen LogP contribution < -0.4 is 10.1 Å². The van der Waals surface area contributed by atoms with Gasteiger partial charge in [0, 0.05) is 0 Å². The third-order valence-corrected chi connectivity index (χ3v) is 3.74. The second kappa shape index (κ2) is 8.69. The molecule has 1 N–H and O–H groups in total. The van der Waals surface area contributed by atoms with Crippen LogP contribution in [0.2, 0.25) is 0 Å². The van der Waals surface area contributed by atoms with Gasteiger partial charge in [0.1, 0.15) is 11.3 Å². The summed E-state index contributed by atoms with van der Waals surface area (Å²) in [6.45, 7) is 9.88. The van der Waals surface area contributed by atoms with Gasteiger partial charge in [-0.3, -0.25) is 5.32 Å². The number of nitrogens with zero attached hydrogens (tertiary/aromatic N) is 1. The van der Waals surface area contributed by atoms with Gasteiger partial charge in [-0.1, -0.05) is 19.9 Å². The van der Waals surface area contributed by atoms with Crippen LogP contribution >= 0.6 is 0 Å². The van der Waals surface area contributed by atoms with Crippen LogP contribution in [0.5, 0.6) is 5.75 Å². The maximum atomic E-state index is 9.44. The highest BCUT2D eigenvalue weighted by Crippen LogP contribution is 2.19. The molecule has 0 bridgehead atoms. The molecule has 0 aliphatic rings. The molecule has 1 unspecified atom stereocenters. The zero-order valence-corrected chi connectivity index (χ0v) is 13.8. The molecule has 0 aromatic heterocycles. The summed E-state index contributed by atoms with van der Waals surface area (Å²) < 4.78 is 5.82. The highest BCUT2D eigenvalue weighted by atomic mass is 16.5. The fourth-order valence-electron chi connectivity index (χ4n) is 2.51. The number of hydrogen-bond acceptors (Lipinski definition) is 3. The van der Waals surface area contributed by atoms with E-state index in [-0.39, 0.29) is 0 Å². The minimum absolute atomic E-state index is 0.401. The largest absolute Gasteiger partial charge is 0.494 e. The predicted molar refractivity (Wildman–Crippen MR) is 87.6 cm³/mol. The second-order valence-corrected chi connectivity index (χ2v) is 5.75. The average Bonchev–Trinajstić information content (AvgIpc) is 2.46. The third kappa shape index (κ3) is 5.77. The van der Waals surface area contributed by atoms with E-state index in [1.54, 1.807) is 0 Å². The Kier molecular flexibility index (Phi) is 7.25. The van der Waals surface area contributed by atoms with Crippen LogP contribution in [0.3, 0.4) is 0 Å². The summed E-state index contributed by atoms with van der Waals surface area (Å²) in [5, 5.41) is 12.8. The summed E-state index contributed by atoms with van der Waals surface area (Å²) in [5.41, 5.74) is 2.03. The molecule has 0 saturated carbocycles. The Morgan fingerprint density at radius 3 is 2.38 bits per heavy atom. The molecule has 21 heavy (non-hydrogen) atoms. The van der Waals surface area contributed by atoms with Gasteiger partial charge in [-0.2, -0.15) is 5.26 Å². The van der Waals surface area contributed by atoms with Gasteiger partial charge in [0.2, 0.25) is 0 Å². The summed E-state index contributed by atoms with van der Waals surface area (Å²) in [4.78, 5) is 0. The molecule has 0 heterocycles. The quantitative estimate of drug-likeness (QED) is 0.695. The van der Waals surface area contributed by atoms with E-state index in [4.69, 9.17) is 4.74 Å². The zero-order valence-electron chi connectivity index (χ0n) is 13.8. The van der Waals surface area contributed by atoms with E-state index in [0.717, 1.165) is 38.0 Å². The van der Waals surface area contributed by atoms with Gasteiger partial charge in [0.25, 0.3) is 0 Å². The van der Waals surface area contributed by atoms with Crippen molar-refractivity contribution in [1.29, 1.82) is 5.26 Å². The first-order valence-corrected chi connectivity index (χ1v) is 7.92.